The van der Waals surface area contributed by atoms with Crippen LogP contribution in [0.5, 0.6) is 0 Å². The average Bonchev–Trinajstić information content (AvgIpc) is 3.52. The van der Waals surface area contributed by atoms with Gasteiger partial charge in [-0.2, -0.15) is 5.10 Å². The van der Waals surface area contributed by atoms with Crippen molar-refractivity contribution in [3.63, 3.8) is 0 Å². The number of halogens is 1. The van der Waals surface area contributed by atoms with E-state index in [2.05, 4.69) is 37.0 Å². The molecule has 2 aromatic carbocycles. The van der Waals surface area contributed by atoms with Gasteiger partial charge in [0.25, 0.3) is 0 Å². The number of aromatic nitrogens is 3. The van der Waals surface area contributed by atoms with Crippen molar-refractivity contribution in [3.8, 4) is 16.9 Å². The number of benzene rings is 2. The van der Waals surface area contributed by atoms with Gasteiger partial charge in [0.1, 0.15) is 11.4 Å². The van der Waals surface area contributed by atoms with E-state index < -0.39 is 11.1 Å². The van der Waals surface area contributed by atoms with Gasteiger partial charge in [0.05, 0.1) is 34.7 Å². The first-order chi connectivity index (χ1) is 17.5. The van der Waals surface area contributed by atoms with Crippen LogP contribution in [0.1, 0.15) is 70.9 Å². The Balaban J connectivity index is 1.80. The van der Waals surface area contributed by atoms with Crippen LogP contribution in [0.4, 0.5) is 9.18 Å². The van der Waals surface area contributed by atoms with Crippen molar-refractivity contribution >= 4 is 17.0 Å². The summed E-state index contributed by atoms with van der Waals surface area (Å²) in [6.07, 6.45) is 3.08. The second-order valence-corrected chi connectivity index (χ2v) is 11.2. The van der Waals surface area contributed by atoms with Gasteiger partial charge >= 0.3 is 6.09 Å². The number of aryl methyl sites for hydroxylation is 2. The maximum absolute atomic E-state index is 14.7. The predicted molar refractivity (Wildman–Crippen MR) is 144 cm³/mol. The first-order valence-electron chi connectivity index (χ1n) is 13.0. The SMILES string of the molecule is CCc1cccc(CC)c1-n1nc2c(c1-c1ccc(F)c3[nH]ccc13)CN(C(=O)OC(C)(C)C)C2(C)C. The second kappa shape index (κ2) is 8.75. The van der Waals surface area contributed by atoms with Crippen LogP contribution in [0.3, 0.4) is 0 Å². The van der Waals surface area contributed by atoms with Gasteiger partial charge in [-0.1, -0.05) is 32.0 Å². The lowest BCUT2D eigenvalue weighted by Crippen LogP contribution is -2.43. The molecule has 0 fully saturated rings. The van der Waals surface area contributed by atoms with Crippen molar-refractivity contribution in [2.45, 2.75) is 79.0 Å². The molecule has 1 aliphatic heterocycles. The van der Waals surface area contributed by atoms with Gasteiger partial charge in [0, 0.05) is 22.7 Å². The highest BCUT2D eigenvalue weighted by Crippen LogP contribution is 2.46. The predicted octanol–water partition coefficient (Wildman–Crippen LogP) is 7.27. The van der Waals surface area contributed by atoms with Crippen molar-refractivity contribution in [1.29, 1.82) is 0 Å². The number of hydrogen-bond donors (Lipinski definition) is 1. The molecular weight excluding hydrogens is 467 g/mol. The Labute approximate surface area is 217 Å². The molecule has 0 saturated carbocycles. The van der Waals surface area contributed by atoms with Crippen LogP contribution in [0.15, 0.2) is 42.6 Å². The number of carbonyl (C=O) groups is 1. The lowest BCUT2D eigenvalue weighted by Gasteiger charge is -2.33. The smallest absolute Gasteiger partial charge is 0.411 e. The highest BCUT2D eigenvalue weighted by molar-refractivity contribution is 5.96. The Kier molecular flexibility index (Phi) is 5.93. The molecule has 194 valence electrons. The van der Waals surface area contributed by atoms with Gasteiger partial charge in [-0.15, -0.1) is 0 Å². The first kappa shape index (κ1) is 25.1. The fraction of sp³-hybridized carbons (Fsp3) is 0.400. The van der Waals surface area contributed by atoms with Crippen LogP contribution in [0.25, 0.3) is 27.8 Å². The van der Waals surface area contributed by atoms with Gasteiger partial charge < -0.3 is 9.72 Å². The zero-order chi connectivity index (χ0) is 26.7. The van der Waals surface area contributed by atoms with E-state index >= 15 is 0 Å². The van der Waals surface area contributed by atoms with E-state index in [0.29, 0.717) is 12.1 Å². The minimum atomic E-state index is -0.692. The lowest BCUT2D eigenvalue weighted by atomic mass is 9.97. The molecule has 1 aliphatic rings. The Morgan fingerprint density at radius 2 is 1.78 bits per heavy atom. The van der Waals surface area contributed by atoms with Crippen LogP contribution in [-0.4, -0.2) is 31.4 Å². The summed E-state index contributed by atoms with van der Waals surface area (Å²) in [5.74, 6) is -0.301. The van der Waals surface area contributed by atoms with E-state index in [9.17, 15) is 9.18 Å². The van der Waals surface area contributed by atoms with E-state index in [4.69, 9.17) is 9.84 Å². The third kappa shape index (κ3) is 4.01. The van der Waals surface area contributed by atoms with Crippen LogP contribution in [0.2, 0.25) is 0 Å². The van der Waals surface area contributed by atoms with E-state index in [1.54, 1.807) is 11.1 Å². The Hall–Kier alpha value is -3.61. The van der Waals surface area contributed by atoms with E-state index in [1.165, 1.54) is 17.2 Å². The standard InChI is InChI=1S/C30H35FN4O2/c1-8-18-11-10-12-19(9-2)25(18)35-26(21-13-14-23(31)24-20(21)15-16-32-24)22-17-34(28(36)37-29(3,4)5)30(6,7)27(22)33-35/h10-16,32H,8-9,17H2,1-7H3. The van der Waals surface area contributed by atoms with Crippen molar-refractivity contribution in [3.05, 3.63) is 70.8 Å². The molecule has 5 rings (SSSR count). The molecule has 0 spiro atoms. The fourth-order valence-corrected chi connectivity index (χ4v) is 5.44. The number of para-hydroxylation sites is 1. The van der Waals surface area contributed by atoms with Gasteiger partial charge in [-0.3, -0.25) is 4.90 Å². The largest absolute Gasteiger partial charge is 0.444 e. The molecule has 0 radical (unpaired) electrons. The molecule has 1 N–H and O–H groups in total. The molecule has 7 heteroatoms. The third-order valence-corrected chi connectivity index (χ3v) is 7.27. The number of carbonyl (C=O) groups excluding carboxylic acids is 1. The second-order valence-electron chi connectivity index (χ2n) is 11.2. The third-order valence-electron chi connectivity index (χ3n) is 7.27. The van der Waals surface area contributed by atoms with Gasteiger partial charge in [0.2, 0.25) is 0 Å². The number of fused-ring (bicyclic) bond motifs is 2. The van der Waals surface area contributed by atoms with Crippen molar-refractivity contribution in [2.24, 2.45) is 0 Å². The molecule has 6 nitrogen and oxygen atoms in total. The molecule has 3 heterocycles. The molecule has 1 amide bonds. The highest BCUT2D eigenvalue weighted by atomic mass is 19.1. The zero-order valence-corrected chi connectivity index (χ0v) is 22.7. The Morgan fingerprint density at radius 1 is 1.11 bits per heavy atom. The number of ether oxygens (including phenoxy) is 1. The summed E-state index contributed by atoms with van der Waals surface area (Å²) in [6.45, 7) is 14.3. The van der Waals surface area contributed by atoms with Gasteiger partial charge in [-0.25, -0.2) is 13.9 Å². The van der Waals surface area contributed by atoms with E-state index in [0.717, 1.165) is 46.4 Å². The first-order valence-corrected chi connectivity index (χ1v) is 13.0. The van der Waals surface area contributed by atoms with E-state index in [-0.39, 0.29) is 11.9 Å². The summed E-state index contributed by atoms with van der Waals surface area (Å²) in [5, 5.41) is 6.00. The van der Waals surface area contributed by atoms with Crippen molar-refractivity contribution < 1.29 is 13.9 Å². The summed E-state index contributed by atoms with van der Waals surface area (Å²) in [6, 6.07) is 11.6. The highest BCUT2D eigenvalue weighted by Gasteiger charge is 2.47. The average molecular weight is 503 g/mol. The topological polar surface area (TPSA) is 63.2 Å². The van der Waals surface area contributed by atoms with E-state index in [1.807, 2.05) is 51.4 Å². The number of rotatable bonds is 4. The number of amides is 1. The molecule has 2 aromatic heterocycles. The van der Waals surface area contributed by atoms with Gasteiger partial charge in [0.15, 0.2) is 0 Å². The maximum atomic E-state index is 14.7. The van der Waals surface area contributed by atoms with Gasteiger partial charge in [-0.05, 0) is 76.8 Å². The minimum absolute atomic E-state index is 0.301. The number of hydrogen-bond acceptors (Lipinski definition) is 3. The quantitative estimate of drug-likeness (QED) is 0.319. The number of nitrogens with zero attached hydrogens (tertiary/aromatic N) is 3. The van der Waals surface area contributed by atoms with Crippen LogP contribution in [0, 0.1) is 5.82 Å². The Bertz CT molecular complexity index is 1480. The summed E-state index contributed by atoms with van der Waals surface area (Å²) in [7, 11) is 0. The molecular formula is C30H35FN4O2. The summed E-state index contributed by atoms with van der Waals surface area (Å²) >= 11 is 0. The fourth-order valence-electron chi connectivity index (χ4n) is 5.44. The van der Waals surface area contributed by atoms with Crippen molar-refractivity contribution in [2.75, 3.05) is 0 Å². The number of nitrogens with one attached hydrogen (secondary N) is 1. The Morgan fingerprint density at radius 3 is 2.41 bits per heavy atom. The summed E-state index contributed by atoms with van der Waals surface area (Å²) < 4.78 is 22.5. The zero-order valence-electron chi connectivity index (χ0n) is 22.7. The molecule has 0 atom stereocenters. The lowest BCUT2D eigenvalue weighted by molar-refractivity contribution is 0.00442. The molecule has 4 aromatic rings. The number of aromatic amines is 1. The summed E-state index contributed by atoms with van der Waals surface area (Å²) in [5.41, 5.74) is 6.14. The van der Waals surface area contributed by atoms with Crippen molar-refractivity contribution in [1.82, 2.24) is 19.7 Å². The molecule has 0 saturated heterocycles. The maximum Gasteiger partial charge on any atom is 0.411 e. The normalized spacial score (nSPS) is 14.9. The minimum Gasteiger partial charge on any atom is -0.444 e. The van der Waals surface area contributed by atoms with Crippen LogP contribution in [-0.2, 0) is 29.7 Å². The molecule has 0 bridgehead atoms. The van der Waals surface area contributed by atoms with Crippen LogP contribution >= 0.6 is 0 Å². The molecule has 0 unspecified atom stereocenters. The summed E-state index contributed by atoms with van der Waals surface area (Å²) in [4.78, 5) is 18.1. The molecule has 0 aliphatic carbocycles. The molecule has 37 heavy (non-hydrogen) atoms. The van der Waals surface area contributed by atoms with Crippen LogP contribution < -0.4 is 0 Å². The number of H-pyrrole nitrogens is 1. The monoisotopic (exact) mass is 502 g/mol.